The van der Waals surface area contributed by atoms with Gasteiger partial charge >= 0.3 is 5.97 Å². The van der Waals surface area contributed by atoms with E-state index in [-0.39, 0.29) is 5.56 Å². The number of hydrogen-bond acceptors (Lipinski definition) is 3. The molecule has 2 N–H and O–H groups in total. The van der Waals surface area contributed by atoms with Crippen molar-refractivity contribution in [1.82, 2.24) is 15.0 Å². The van der Waals surface area contributed by atoms with E-state index in [0.717, 1.165) is 15.6 Å². The van der Waals surface area contributed by atoms with Crippen LogP contribution in [0, 0.1) is 6.92 Å². The number of benzene rings is 1. The third kappa shape index (κ3) is 2.08. The number of halogens is 1. The lowest BCUT2D eigenvalue weighted by Crippen LogP contribution is -1.97. The van der Waals surface area contributed by atoms with Gasteiger partial charge < -0.3 is 10.1 Å². The number of nitrogens with one attached hydrogen (secondary N) is 1. The first-order valence-electron chi connectivity index (χ1n) is 5.91. The molecule has 0 fully saturated rings. The number of aromatic carboxylic acids is 1. The lowest BCUT2D eigenvalue weighted by molar-refractivity contribution is 0.0699. The minimum Gasteiger partial charge on any atom is -0.478 e. The highest BCUT2D eigenvalue weighted by Crippen LogP contribution is 2.26. The van der Waals surface area contributed by atoms with E-state index in [1.54, 1.807) is 0 Å². The molecule has 2 aromatic heterocycles. The largest absolute Gasteiger partial charge is 0.478 e. The van der Waals surface area contributed by atoms with Gasteiger partial charge in [-0.3, -0.25) is 0 Å². The van der Waals surface area contributed by atoms with Crippen LogP contribution in [0.15, 0.2) is 34.9 Å². The summed E-state index contributed by atoms with van der Waals surface area (Å²) in [6, 6.07) is 7.29. The first-order valence-corrected chi connectivity index (χ1v) is 6.70. The highest BCUT2D eigenvalue weighted by atomic mass is 79.9. The highest BCUT2D eigenvalue weighted by molar-refractivity contribution is 9.10. The van der Waals surface area contributed by atoms with Gasteiger partial charge in [-0.1, -0.05) is 15.9 Å². The first kappa shape index (κ1) is 12.8. The standard InChI is InChI=1S/C14H10BrN3O2/c1-7-6-8(15)2-3-9(7)12-17-11-10(14(19)20)4-5-16-13(11)18-12/h2-6H,1H3,(H,19,20)(H,16,17,18). The summed E-state index contributed by atoms with van der Waals surface area (Å²) < 4.78 is 0.985. The molecule has 5 nitrogen and oxygen atoms in total. The van der Waals surface area contributed by atoms with Gasteiger partial charge in [0.2, 0.25) is 0 Å². The number of H-pyrrole nitrogens is 1. The van der Waals surface area contributed by atoms with Gasteiger partial charge in [-0.15, -0.1) is 0 Å². The lowest BCUT2D eigenvalue weighted by atomic mass is 10.1. The van der Waals surface area contributed by atoms with Crippen LogP contribution in [0.2, 0.25) is 0 Å². The molecule has 0 saturated heterocycles. The van der Waals surface area contributed by atoms with Crippen molar-refractivity contribution in [1.29, 1.82) is 0 Å². The molecule has 0 unspecified atom stereocenters. The molecule has 0 atom stereocenters. The van der Waals surface area contributed by atoms with Crippen molar-refractivity contribution in [2.45, 2.75) is 6.92 Å². The van der Waals surface area contributed by atoms with Gasteiger partial charge in [0.05, 0.1) is 11.1 Å². The molecule has 0 bridgehead atoms. The summed E-state index contributed by atoms with van der Waals surface area (Å²) in [6.07, 6.45) is 1.45. The van der Waals surface area contributed by atoms with Crippen LogP contribution < -0.4 is 0 Å². The Labute approximate surface area is 122 Å². The molecule has 3 rings (SSSR count). The Morgan fingerprint density at radius 3 is 2.85 bits per heavy atom. The van der Waals surface area contributed by atoms with Crippen LogP contribution in [0.1, 0.15) is 15.9 Å². The van der Waals surface area contributed by atoms with E-state index in [1.165, 1.54) is 12.3 Å². The molecule has 0 aliphatic rings. The normalized spacial score (nSPS) is 10.9. The fraction of sp³-hybridized carbons (Fsp3) is 0.0714. The van der Waals surface area contributed by atoms with Crippen LogP contribution in [0.4, 0.5) is 0 Å². The van der Waals surface area contributed by atoms with Gasteiger partial charge in [-0.25, -0.2) is 14.8 Å². The van der Waals surface area contributed by atoms with E-state index < -0.39 is 5.97 Å². The second-order valence-corrected chi connectivity index (χ2v) is 5.32. The van der Waals surface area contributed by atoms with Gasteiger partial charge in [0.1, 0.15) is 5.82 Å². The quantitative estimate of drug-likeness (QED) is 0.754. The van der Waals surface area contributed by atoms with Crippen LogP contribution in [-0.4, -0.2) is 26.0 Å². The number of carbonyl (C=O) groups is 1. The van der Waals surface area contributed by atoms with Gasteiger partial charge in [-0.05, 0) is 36.8 Å². The second kappa shape index (κ2) is 4.72. The van der Waals surface area contributed by atoms with Crippen molar-refractivity contribution in [3.05, 3.63) is 46.1 Å². The van der Waals surface area contributed by atoms with Crippen LogP contribution >= 0.6 is 15.9 Å². The molecular formula is C14H10BrN3O2. The third-order valence-electron chi connectivity index (χ3n) is 3.07. The highest BCUT2D eigenvalue weighted by Gasteiger charge is 2.14. The summed E-state index contributed by atoms with van der Waals surface area (Å²) in [5, 5.41) is 9.17. The number of fused-ring (bicyclic) bond motifs is 1. The number of rotatable bonds is 2. The van der Waals surface area contributed by atoms with E-state index >= 15 is 0 Å². The monoisotopic (exact) mass is 331 g/mol. The van der Waals surface area contributed by atoms with E-state index in [9.17, 15) is 9.90 Å². The zero-order valence-electron chi connectivity index (χ0n) is 10.5. The number of nitrogens with zero attached hydrogens (tertiary/aromatic N) is 2. The van der Waals surface area contributed by atoms with Gasteiger partial charge in [0.15, 0.2) is 5.65 Å². The minimum absolute atomic E-state index is 0.170. The van der Waals surface area contributed by atoms with Crippen molar-refractivity contribution in [2.24, 2.45) is 0 Å². The summed E-state index contributed by atoms with van der Waals surface area (Å²) in [5.41, 5.74) is 2.97. The summed E-state index contributed by atoms with van der Waals surface area (Å²) >= 11 is 3.41. The Balaban J connectivity index is 2.23. The van der Waals surface area contributed by atoms with Crippen LogP contribution in [0.25, 0.3) is 22.6 Å². The van der Waals surface area contributed by atoms with Crippen molar-refractivity contribution in [2.75, 3.05) is 0 Å². The topological polar surface area (TPSA) is 78.9 Å². The maximum Gasteiger partial charge on any atom is 0.338 e. The molecule has 6 heteroatoms. The Morgan fingerprint density at radius 1 is 1.35 bits per heavy atom. The SMILES string of the molecule is Cc1cc(Br)ccc1-c1nc2nccc(C(=O)O)c2[nH]1. The van der Waals surface area contributed by atoms with Crippen molar-refractivity contribution in [3.8, 4) is 11.4 Å². The first-order chi connectivity index (χ1) is 9.56. The van der Waals surface area contributed by atoms with Crippen LogP contribution in [-0.2, 0) is 0 Å². The second-order valence-electron chi connectivity index (χ2n) is 4.41. The van der Waals surface area contributed by atoms with Crippen LogP contribution in [0.5, 0.6) is 0 Å². The number of aromatic amines is 1. The summed E-state index contributed by atoms with van der Waals surface area (Å²) in [5.74, 6) is -0.383. The number of aromatic nitrogens is 3. The Morgan fingerprint density at radius 2 is 2.15 bits per heavy atom. The fourth-order valence-corrected chi connectivity index (χ4v) is 2.59. The molecule has 1 aromatic carbocycles. The molecule has 0 amide bonds. The molecule has 2 heterocycles. The average molecular weight is 332 g/mol. The molecular weight excluding hydrogens is 322 g/mol. The molecule has 0 saturated carbocycles. The van der Waals surface area contributed by atoms with E-state index in [1.807, 2.05) is 25.1 Å². The lowest BCUT2D eigenvalue weighted by Gasteiger charge is -2.02. The Hall–Kier alpha value is -2.21. The predicted molar refractivity (Wildman–Crippen MR) is 78.7 cm³/mol. The van der Waals surface area contributed by atoms with E-state index in [0.29, 0.717) is 17.0 Å². The molecule has 3 aromatic rings. The summed E-state index contributed by atoms with van der Waals surface area (Å²) in [4.78, 5) is 22.7. The Bertz CT molecular complexity index is 826. The molecule has 0 aliphatic carbocycles. The average Bonchev–Trinajstić information content (AvgIpc) is 2.81. The smallest absolute Gasteiger partial charge is 0.338 e. The summed E-state index contributed by atoms with van der Waals surface area (Å²) in [7, 11) is 0. The van der Waals surface area contributed by atoms with E-state index in [4.69, 9.17) is 0 Å². The zero-order valence-corrected chi connectivity index (χ0v) is 12.1. The zero-order chi connectivity index (χ0) is 14.3. The van der Waals surface area contributed by atoms with Gasteiger partial charge in [0.25, 0.3) is 0 Å². The number of hydrogen-bond donors (Lipinski definition) is 2. The van der Waals surface area contributed by atoms with Gasteiger partial charge in [0, 0.05) is 16.2 Å². The van der Waals surface area contributed by atoms with Gasteiger partial charge in [-0.2, -0.15) is 0 Å². The fourth-order valence-electron chi connectivity index (χ4n) is 2.11. The summed E-state index contributed by atoms with van der Waals surface area (Å²) in [6.45, 7) is 1.97. The number of imidazole rings is 1. The number of aryl methyl sites for hydroxylation is 1. The van der Waals surface area contributed by atoms with Crippen LogP contribution in [0.3, 0.4) is 0 Å². The van der Waals surface area contributed by atoms with E-state index in [2.05, 4.69) is 30.9 Å². The molecule has 100 valence electrons. The maximum absolute atomic E-state index is 11.2. The molecule has 0 radical (unpaired) electrons. The molecule has 0 spiro atoms. The Kier molecular flexibility index (Phi) is 3.02. The number of pyridine rings is 1. The molecule has 20 heavy (non-hydrogen) atoms. The third-order valence-corrected chi connectivity index (χ3v) is 3.56. The maximum atomic E-state index is 11.2. The minimum atomic E-state index is -1.000. The number of carboxylic acids is 1. The predicted octanol–water partition coefficient (Wildman–Crippen LogP) is 3.39. The van der Waals surface area contributed by atoms with Crippen molar-refractivity contribution in [3.63, 3.8) is 0 Å². The molecule has 0 aliphatic heterocycles. The number of carboxylic acid groups (broad SMARTS) is 1. The van der Waals surface area contributed by atoms with Crippen molar-refractivity contribution < 1.29 is 9.90 Å². The van der Waals surface area contributed by atoms with Crippen molar-refractivity contribution >= 4 is 33.1 Å².